The zero-order valence-corrected chi connectivity index (χ0v) is 15.5. The van der Waals surface area contributed by atoms with Crippen LogP contribution >= 0.6 is 0 Å². The summed E-state index contributed by atoms with van der Waals surface area (Å²) in [5.41, 5.74) is 2.86. The Morgan fingerprint density at radius 2 is 2.04 bits per heavy atom. The van der Waals surface area contributed by atoms with Gasteiger partial charge in [-0.05, 0) is 61.1 Å². The van der Waals surface area contributed by atoms with Gasteiger partial charge in [0.25, 0.3) is 5.56 Å². The van der Waals surface area contributed by atoms with Crippen LogP contribution in [0.4, 0.5) is 5.69 Å². The molecule has 2 atom stereocenters. The highest BCUT2D eigenvalue weighted by Crippen LogP contribution is 2.31. The smallest absolute Gasteiger partial charge is 0.341 e. The van der Waals surface area contributed by atoms with Gasteiger partial charge in [0.2, 0.25) is 0 Å². The maximum Gasteiger partial charge on any atom is 0.341 e. The van der Waals surface area contributed by atoms with E-state index < -0.39 is 11.5 Å². The average Bonchev–Trinajstić information content (AvgIpc) is 3.12. The molecule has 0 amide bonds. The van der Waals surface area contributed by atoms with Gasteiger partial charge >= 0.3 is 5.97 Å². The molecule has 3 N–H and O–H groups in total. The van der Waals surface area contributed by atoms with Gasteiger partial charge in [-0.25, -0.2) is 4.79 Å². The van der Waals surface area contributed by atoms with E-state index in [4.69, 9.17) is 5.11 Å². The maximum atomic E-state index is 12.1. The molecule has 2 aliphatic heterocycles. The van der Waals surface area contributed by atoms with E-state index in [0.29, 0.717) is 18.2 Å². The van der Waals surface area contributed by atoms with Crippen LogP contribution in [0.25, 0.3) is 11.3 Å². The van der Waals surface area contributed by atoms with Gasteiger partial charge < -0.3 is 20.3 Å². The predicted molar refractivity (Wildman–Crippen MR) is 106 cm³/mol. The molecule has 0 spiro atoms. The number of nitrogens with zero attached hydrogens (tertiary/aromatic N) is 1. The molecule has 0 radical (unpaired) electrons. The average molecular weight is 367 g/mol. The van der Waals surface area contributed by atoms with Gasteiger partial charge in [-0.2, -0.15) is 0 Å². The number of aromatic nitrogens is 1. The number of piperidine rings is 1. The zero-order chi connectivity index (χ0) is 19.0. The number of H-pyrrole nitrogens is 1. The standard InChI is InChI=1S/C21H25N3O3/c1-2-13-10-17(21(26)27)20(25)23-19(13)14-5-7-16(8-6-14)24-11-15-4-3-9-22-18(15)12-24/h5-8,10,15,18,22H,2-4,9,11-12H2,1H3,(H,23,25)(H,26,27). The summed E-state index contributed by atoms with van der Waals surface area (Å²) >= 11 is 0. The molecule has 27 heavy (non-hydrogen) atoms. The number of pyridine rings is 1. The van der Waals surface area contributed by atoms with Crippen molar-refractivity contribution in [3.63, 3.8) is 0 Å². The molecule has 0 bridgehead atoms. The van der Waals surface area contributed by atoms with Crippen LogP contribution in [0.3, 0.4) is 0 Å². The minimum atomic E-state index is -1.20. The minimum absolute atomic E-state index is 0.209. The van der Waals surface area contributed by atoms with Crippen molar-refractivity contribution < 1.29 is 9.90 Å². The number of carboxylic acids is 1. The second kappa shape index (κ2) is 7.19. The molecule has 2 saturated heterocycles. The highest BCUT2D eigenvalue weighted by atomic mass is 16.4. The van der Waals surface area contributed by atoms with Crippen LogP contribution in [-0.2, 0) is 6.42 Å². The summed E-state index contributed by atoms with van der Waals surface area (Å²) in [6.07, 6.45) is 3.20. The van der Waals surface area contributed by atoms with Gasteiger partial charge in [-0.3, -0.25) is 4.79 Å². The molecule has 2 unspecified atom stereocenters. The Balaban J connectivity index is 1.60. The van der Waals surface area contributed by atoms with E-state index in [0.717, 1.165) is 36.7 Å². The van der Waals surface area contributed by atoms with Gasteiger partial charge in [0.1, 0.15) is 5.56 Å². The van der Waals surface area contributed by atoms with Crippen molar-refractivity contribution >= 4 is 11.7 Å². The number of nitrogens with one attached hydrogen (secondary N) is 2. The molecule has 3 heterocycles. The van der Waals surface area contributed by atoms with Crippen LogP contribution in [0.2, 0.25) is 0 Å². The maximum absolute atomic E-state index is 12.1. The van der Waals surface area contributed by atoms with Crippen LogP contribution in [0, 0.1) is 5.92 Å². The number of aromatic carboxylic acids is 1. The quantitative estimate of drug-likeness (QED) is 0.773. The van der Waals surface area contributed by atoms with Crippen molar-refractivity contribution in [1.82, 2.24) is 10.3 Å². The van der Waals surface area contributed by atoms with Crippen molar-refractivity contribution in [1.29, 1.82) is 0 Å². The number of carboxylic acid groups (broad SMARTS) is 1. The van der Waals surface area contributed by atoms with Crippen LogP contribution < -0.4 is 15.8 Å². The summed E-state index contributed by atoms with van der Waals surface area (Å²) in [4.78, 5) is 28.5. The van der Waals surface area contributed by atoms with Crippen LogP contribution in [0.5, 0.6) is 0 Å². The fraction of sp³-hybridized carbons (Fsp3) is 0.429. The van der Waals surface area contributed by atoms with E-state index in [2.05, 4.69) is 27.3 Å². The fourth-order valence-electron chi connectivity index (χ4n) is 4.36. The third kappa shape index (κ3) is 3.37. The molecule has 142 valence electrons. The summed E-state index contributed by atoms with van der Waals surface area (Å²) in [7, 11) is 0. The first kappa shape index (κ1) is 17.8. The van der Waals surface area contributed by atoms with Crippen molar-refractivity contribution in [2.75, 3.05) is 24.5 Å². The summed E-state index contributed by atoms with van der Waals surface area (Å²) in [5, 5.41) is 12.8. The van der Waals surface area contributed by atoms with E-state index in [-0.39, 0.29) is 5.56 Å². The lowest BCUT2D eigenvalue weighted by Crippen LogP contribution is -2.40. The number of carbonyl (C=O) groups is 1. The predicted octanol–water partition coefficient (Wildman–Crippen LogP) is 2.49. The number of hydrogen-bond donors (Lipinski definition) is 3. The molecule has 1 aromatic carbocycles. The Kier molecular flexibility index (Phi) is 4.74. The Labute approximate surface area is 158 Å². The van der Waals surface area contributed by atoms with E-state index in [1.807, 2.05) is 19.1 Å². The summed E-state index contributed by atoms with van der Waals surface area (Å²) in [6.45, 7) is 5.19. The second-order valence-corrected chi connectivity index (χ2v) is 7.49. The normalized spacial score (nSPS) is 21.9. The zero-order valence-electron chi connectivity index (χ0n) is 15.5. The van der Waals surface area contributed by atoms with Gasteiger partial charge in [-0.1, -0.05) is 19.1 Å². The van der Waals surface area contributed by atoms with Crippen molar-refractivity contribution in [2.24, 2.45) is 5.92 Å². The first-order chi connectivity index (χ1) is 13.1. The Morgan fingerprint density at radius 1 is 1.26 bits per heavy atom. The molecule has 2 aliphatic rings. The lowest BCUT2D eigenvalue weighted by Gasteiger charge is -2.24. The van der Waals surface area contributed by atoms with E-state index in [1.54, 1.807) is 0 Å². The highest BCUT2D eigenvalue weighted by molar-refractivity contribution is 5.88. The number of rotatable bonds is 4. The van der Waals surface area contributed by atoms with Gasteiger partial charge in [0, 0.05) is 24.8 Å². The molecule has 6 heteroatoms. The molecule has 0 saturated carbocycles. The first-order valence-electron chi connectivity index (χ1n) is 9.65. The molecule has 0 aliphatic carbocycles. The van der Waals surface area contributed by atoms with Gasteiger partial charge in [-0.15, -0.1) is 0 Å². The highest BCUT2D eigenvalue weighted by Gasteiger charge is 2.34. The summed E-state index contributed by atoms with van der Waals surface area (Å²) in [6, 6.07) is 10.3. The molecule has 2 aromatic rings. The summed E-state index contributed by atoms with van der Waals surface area (Å²) in [5.74, 6) is -0.470. The van der Waals surface area contributed by atoms with Gasteiger partial charge in [0.05, 0.1) is 5.69 Å². The van der Waals surface area contributed by atoms with E-state index in [9.17, 15) is 9.59 Å². The minimum Gasteiger partial charge on any atom is -0.477 e. The fourth-order valence-corrected chi connectivity index (χ4v) is 4.36. The van der Waals surface area contributed by atoms with E-state index in [1.165, 1.54) is 24.6 Å². The molecule has 6 nitrogen and oxygen atoms in total. The number of aryl methyl sites for hydroxylation is 1. The summed E-state index contributed by atoms with van der Waals surface area (Å²) < 4.78 is 0. The van der Waals surface area contributed by atoms with Crippen LogP contribution in [0.15, 0.2) is 35.1 Å². The van der Waals surface area contributed by atoms with Crippen molar-refractivity contribution in [2.45, 2.75) is 32.2 Å². The molecule has 1 aromatic heterocycles. The number of fused-ring (bicyclic) bond motifs is 1. The third-order valence-electron chi connectivity index (χ3n) is 5.85. The SMILES string of the molecule is CCc1cc(C(=O)O)c(=O)[nH]c1-c1ccc(N2CC3CCCNC3C2)cc1. The number of hydrogen-bond acceptors (Lipinski definition) is 4. The van der Waals surface area contributed by atoms with Gasteiger partial charge in [0.15, 0.2) is 0 Å². The molecule has 2 fully saturated rings. The Hall–Kier alpha value is -2.60. The van der Waals surface area contributed by atoms with Crippen LogP contribution in [-0.4, -0.2) is 41.7 Å². The van der Waals surface area contributed by atoms with Crippen LogP contribution in [0.1, 0.15) is 35.7 Å². The first-order valence-corrected chi connectivity index (χ1v) is 9.65. The van der Waals surface area contributed by atoms with E-state index >= 15 is 0 Å². The Bertz CT molecular complexity index is 890. The number of benzene rings is 1. The van der Waals surface area contributed by atoms with Crippen molar-refractivity contribution in [3.8, 4) is 11.3 Å². The molecule has 4 rings (SSSR count). The second-order valence-electron chi connectivity index (χ2n) is 7.49. The topological polar surface area (TPSA) is 85.4 Å². The largest absolute Gasteiger partial charge is 0.477 e. The molecular formula is C21H25N3O3. The Morgan fingerprint density at radius 3 is 2.70 bits per heavy atom. The van der Waals surface area contributed by atoms with Crippen molar-refractivity contribution in [3.05, 3.63) is 51.8 Å². The number of aromatic amines is 1. The molecular weight excluding hydrogens is 342 g/mol. The monoisotopic (exact) mass is 367 g/mol. The third-order valence-corrected chi connectivity index (χ3v) is 5.85. The lowest BCUT2D eigenvalue weighted by atomic mass is 9.94. The number of anilines is 1. The lowest BCUT2D eigenvalue weighted by molar-refractivity contribution is 0.0695.